The summed E-state index contributed by atoms with van der Waals surface area (Å²) in [5.41, 5.74) is 0. The molecule has 0 heterocycles. The molecule has 0 aromatic rings. The lowest BCUT2D eigenvalue weighted by atomic mass is 10.0. The van der Waals surface area contributed by atoms with Crippen LogP contribution in [0.2, 0.25) is 0 Å². The molecule has 0 aliphatic rings. The number of esters is 2. The lowest BCUT2D eigenvalue weighted by molar-refractivity contribution is -0.870. The maximum atomic E-state index is 12.9. The van der Waals surface area contributed by atoms with Crippen molar-refractivity contribution in [3.8, 4) is 0 Å². The second-order valence-corrected chi connectivity index (χ2v) is 29.8. The van der Waals surface area contributed by atoms with Crippen LogP contribution in [-0.4, -0.2) is 70.0 Å². The van der Waals surface area contributed by atoms with Crippen LogP contribution in [0.1, 0.15) is 361 Å². The van der Waals surface area contributed by atoms with E-state index < -0.39 is 26.5 Å². The third kappa shape index (κ3) is 81.1. The van der Waals surface area contributed by atoms with Crippen molar-refractivity contribution in [3.05, 3.63) is 134 Å². The summed E-state index contributed by atoms with van der Waals surface area (Å²) in [5, 5.41) is 0. The number of carbonyl (C=O) groups excluding carboxylic acids is 2. The molecule has 0 N–H and O–H groups in total. The maximum absolute atomic E-state index is 12.9. The van der Waals surface area contributed by atoms with Crippen molar-refractivity contribution >= 4 is 19.8 Å². The molecule has 0 aromatic carbocycles. The number of likely N-dealkylation sites (N-methyl/N-ethyl adjacent to an activating group) is 1. The van der Waals surface area contributed by atoms with E-state index in [9.17, 15) is 19.0 Å². The monoisotopic (exact) mass is 1380 g/mol. The summed E-state index contributed by atoms with van der Waals surface area (Å²) < 4.78 is 34.4. The van der Waals surface area contributed by atoms with Gasteiger partial charge in [0, 0.05) is 12.8 Å². The van der Waals surface area contributed by atoms with E-state index in [1.165, 1.54) is 218 Å². The van der Waals surface area contributed by atoms with Gasteiger partial charge in [0.1, 0.15) is 19.8 Å². The molecule has 0 bridgehead atoms. The molecular formula is C88H154NO8P. The van der Waals surface area contributed by atoms with Crippen molar-refractivity contribution in [2.24, 2.45) is 0 Å². The highest BCUT2D eigenvalue weighted by Gasteiger charge is 2.22. The Labute approximate surface area is 606 Å². The number of quaternary nitrogens is 1. The molecule has 98 heavy (non-hydrogen) atoms. The van der Waals surface area contributed by atoms with Crippen LogP contribution in [0.25, 0.3) is 0 Å². The van der Waals surface area contributed by atoms with E-state index in [4.69, 9.17) is 18.5 Å². The number of hydrogen-bond acceptors (Lipinski definition) is 8. The Morgan fingerprint density at radius 3 is 0.878 bits per heavy atom. The van der Waals surface area contributed by atoms with Crippen LogP contribution in [0, 0.1) is 0 Å². The summed E-state index contributed by atoms with van der Waals surface area (Å²) in [4.78, 5) is 38.2. The first-order valence-electron chi connectivity index (χ1n) is 40.9. The summed E-state index contributed by atoms with van der Waals surface area (Å²) in [5.74, 6) is -0.830. The van der Waals surface area contributed by atoms with E-state index >= 15 is 0 Å². The molecule has 10 heteroatoms. The molecule has 0 fully saturated rings. The fourth-order valence-corrected chi connectivity index (χ4v) is 12.2. The second kappa shape index (κ2) is 77.3. The Kier molecular flexibility index (Phi) is 74.3. The van der Waals surface area contributed by atoms with Gasteiger partial charge in [-0.1, -0.05) is 366 Å². The predicted octanol–water partition coefficient (Wildman–Crippen LogP) is 26.9. The standard InChI is InChI=1S/C88H154NO8P/c1-6-8-10-12-14-16-18-20-22-24-26-28-30-32-34-36-38-40-41-42-43-44-45-46-47-49-51-53-55-57-59-61-63-65-67-69-71-73-75-77-79-81-88(91)97-86(85-96-98(92,93)95-83-82-89(3,4)5)84-94-87(90)80-78-76-74-72-70-68-66-64-62-60-58-56-54-52-50-48-39-37-35-33-31-29-27-25-23-21-19-17-15-13-11-9-7-2/h8,10,14,16,20,22,25-28,32,34,38,40,42-43,45-46,49,51,55,57,86H,6-7,9,11-13,15,17-19,21,23-24,29-31,33,35-37,39,41,44,47-48,50,52-54,56,58-85H2,1-5H3/b10-8-,16-14-,22-20-,27-25-,28-26-,34-32-,40-38-,43-42-,46-45-,51-49-,57-55-. The van der Waals surface area contributed by atoms with Gasteiger partial charge in [-0.25, -0.2) is 0 Å². The van der Waals surface area contributed by atoms with Crippen molar-refractivity contribution < 1.29 is 42.1 Å². The number of rotatable bonds is 75. The number of hydrogen-bond donors (Lipinski definition) is 0. The summed E-state index contributed by atoms with van der Waals surface area (Å²) in [6.07, 6.45) is 113. The molecule has 0 spiro atoms. The molecule has 0 rings (SSSR count). The SMILES string of the molecule is CC/C=C\C/C=C\C/C=C\C/C=C\C/C=C\C/C=C\C/C=C\C/C=C\C/C=C\C/C=C\CCCCCCCCCCCCC(=O)OC(COC(=O)CCCCCCCCCCCCCCCCCCCCCCC/C=C\CCCCCCCCCC)COP(=O)([O-])OCC[N+](C)(C)C. The maximum Gasteiger partial charge on any atom is 0.306 e. The fourth-order valence-electron chi connectivity index (χ4n) is 11.4. The first-order chi connectivity index (χ1) is 48.0. The Balaban J connectivity index is 4.01. The van der Waals surface area contributed by atoms with Gasteiger partial charge >= 0.3 is 11.9 Å². The van der Waals surface area contributed by atoms with Gasteiger partial charge in [0.25, 0.3) is 7.82 Å². The number of nitrogens with zero attached hydrogens (tertiary/aromatic N) is 1. The number of carbonyl (C=O) groups is 2. The number of allylic oxidation sites excluding steroid dienone is 22. The predicted molar refractivity (Wildman–Crippen MR) is 424 cm³/mol. The van der Waals surface area contributed by atoms with Crippen LogP contribution in [0.3, 0.4) is 0 Å². The molecule has 0 aliphatic heterocycles. The van der Waals surface area contributed by atoms with Gasteiger partial charge in [-0.15, -0.1) is 0 Å². The molecule has 0 saturated heterocycles. The van der Waals surface area contributed by atoms with Crippen LogP contribution >= 0.6 is 7.82 Å². The van der Waals surface area contributed by atoms with E-state index in [2.05, 4.69) is 148 Å². The number of phosphoric acid groups is 1. The van der Waals surface area contributed by atoms with Crippen LogP contribution in [0.4, 0.5) is 0 Å². The van der Waals surface area contributed by atoms with Gasteiger partial charge in [-0.2, -0.15) is 0 Å². The van der Waals surface area contributed by atoms with E-state index in [0.717, 1.165) is 109 Å². The molecule has 2 atom stereocenters. The van der Waals surface area contributed by atoms with Gasteiger partial charge < -0.3 is 27.9 Å². The average Bonchev–Trinajstić information content (AvgIpc) is 1.08. The molecule has 0 aromatic heterocycles. The largest absolute Gasteiger partial charge is 0.756 e. The normalized spacial score (nSPS) is 13.7. The highest BCUT2D eigenvalue weighted by molar-refractivity contribution is 7.45. The fraction of sp³-hybridized carbons (Fsp3) is 0.727. The van der Waals surface area contributed by atoms with Crippen LogP contribution in [-0.2, 0) is 32.7 Å². The number of unbranched alkanes of at least 4 members (excludes halogenated alkanes) is 39. The zero-order chi connectivity index (χ0) is 71.1. The first-order valence-corrected chi connectivity index (χ1v) is 42.4. The van der Waals surface area contributed by atoms with Crippen molar-refractivity contribution in [1.29, 1.82) is 0 Å². The van der Waals surface area contributed by atoms with E-state index in [1.54, 1.807) is 0 Å². The Morgan fingerprint density at radius 2 is 0.582 bits per heavy atom. The molecular weight excluding hydrogens is 1230 g/mol. The second-order valence-electron chi connectivity index (χ2n) is 28.4. The van der Waals surface area contributed by atoms with Gasteiger partial charge in [-0.3, -0.25) is 14.2 Å². The molecule has 0 amide bonds. The third-order valence-electron chi connectivity index (χ3n) is 17.7. The van der Waals surface area contributed by atoms with Gasteiger partial charge in [0.15, 0.2) is 6.10 Å². The van der Waals surface area contributed by atoms with Crippen molar-refractivity contribution in [2.75, 3.05) is 47.5 Å². The summed E-state index contributed by atoms with van der Waals surface area (Å²) in [6, 6.07) is 0. The third-order valence-corrected chi connectivity index (χ3v) is 18.6. The number of phosphoric ester groups is 1. The van der Waals surface area contributed by atoms with Crippen LogP contribution in [0.15, 0.2) is 134 Å². The van der Waals surface area contributed by atoms with E-state index in [1.807, 2.05) is 21.1 Å². The molecule has 9 nitrogen and oxygen atoms in total. The lowest BCUT2D eigenvalue weighted by Crippen LogP contribution is -2.37. The lowest BCUT2D eigenvalue weighted by Gasteiger charge is -2.28. The smallest absolute Gasteiger partial charge is 0.306 e. The summed E-state index contributed by atoms with van der Waals surface area (Å²) >= 11 is 0. The quantitative estimate of drug-likeness (QED) is 0.0195. The highest BCUT2D eigenvalue weighted by atomic mass is 31.2. The van der Waals surface area contributed by atoms with Crippen LogP contribution < -0.4 is 4.89 Å². The first kappa shape index (κ1) is 94.2. The molecule has 0 radical (unpaired) electrons. The molecule has 2 unspecified atom stereocenters. The van der Waals surface area contributed by atoms with E-state index in [-0.39, 0.29) is 32.0 Å². The highest BCUT2D eigenvalue weighted by Crippen LogP contribution is 2.38. The zero-order valence-electron chi connectivity index (χ0n) is 64.5. The topological polar surface area (TPSA) is 111 Å². The molecule has 564 valence electrons. The van der Waals surface area contributed by atoms with Crippen molar-refractivity contribution in [1.82, 2.24) is 0 Å². The average molecular weight is 1390 g/mol. The van der Waals surface area contributed by atoms with E-state index in [0.29, 0.717) is 17.4 Å². The zero-order valence-corrected chi connectivity index (χ0v) is 65.3. The van der Waals surface area contributed by atoms with Gasteiger partial charge in [0.2, 0.25) is 0 Å². The van der Waals surface area contributed by atoms with Gasteiger partial charge in [-0.05, 0) is 116 Å². The van der Waals surface area contributed by atoms with Crippen molar-refractivity contribution in [3.63, 3.8) is 0 Å². The summed E-state index contributed by atoms with van der Waals surface area (Å²) in [6.45, 7) is 4.16. The molecule has 0 aliphatic carbocycles. The Hall–Kier alpha value is -3.85. The Morgan fingerprint density at radius 1 is 0.327 bits per heavy atom. The minimum Gasteiger partial charge on any atom is -0.756 e. The Bertz CT molecular complexity index is 2120. The van der Waals surface area contributed by atoms with Crippen molar-refractivity contribution in [2.45, 2.75) is 367 Å². The van der Waals surface area contributed by atoms with Crippen LogP contribution in [0.5, 0.6) is 0 Å². The summed E-state index contributed by atoms with van der Waals surface area (Å²) in [7, 11) is 1.16. The number of ether oxygens (including phenoxy) is 2. The van der Waals surface area contributed by atoms with Gasteiger partial charge in [0.05, 0.1) is 27.7 Å². The molecule has 0 saturated carbocycles. The minimum atomic E-state index is -4.65. The minimum absolute atomic E-state index is 0.0354.